The van der Waals surface area contributed by atoms with Crippen molar-refractivity contribution in [2.45, 2.75) is 45.6 Å². The van der Waals surface area contributed by atoms with Gasteiger partial charge < -0.3 is 19.5 Å². The summed E-state index contributed by atoms with van der Waals surface area (Å²) in [4.78, 5) is 25.4. The van der Waals surface area contributed by atoms with Crippen LogP contribution < -0.4 is 9.47 Å². The van der Waals surface area contributed by atoms with Gasteiger partial charge >= 0.3 is 5.97 Å². The zero-order valence-corrected chi connectivity index (χ0v) is 14.3. The molecule has 1 aliphatic rings. The smallest absolute Gasteiger partial charge is 0.305 e. The van der Waals surface area contributed by atoms with Crippen molar-refractivity contribution in [3.8, 4) is 11.5 Å². The van der Waals surface area contributed by atoms with Gasteiger partial charge in [-0.05, 0) is 44.4 Å². The van der Waals surface area contributed by atoms with Crippen LogP contribution in [0, 0.1) is 0 Å². The predicted molar refractivity (Wildman–Crippen MR) is 89.7 cm³/mol. The van der Waals surface area contributed by atoms with Gasteiger partial charge in [0.1, 0.15) is 0 Å². The molecule has 0 saturated carbocycles. The molecule has 1 heterocycles. The molecule has 0 bridgehead atoms. The molecule has 6 nitrogen and oxygen atoms in total. The van der Waals surface area contributed by atoms with Gasteiger partial charge in [-0.25, -0.2) is 0 Å². The van der Waals surface area contributed by atoms with Gasteiger partial charge in [-0.15, -0.1) is 0 Å². The summed E-state index contributed by atoms with van der Waals surface area (Å²) in [6.45, 7) is 5.55. The Balaban J connectivity index is 2.19. The summed E-state index contributed by atoms with van der Waals surface area (Å²) in [7, 11) is 0. The lowest BCUT2D eigenvalue weighted by molar-refractivity contribution is -0.137. The van der Waals surface area contributed by atoms with E-state index in [0.29, 0.717) is 36.8 Å². The fourth-order valence-corrected chi connectivity index (χ4v) is 2.92. The van der Waals surface area contributed by atoms with Crippen molar-refractivity contribution in [1.82, 2.24) is 4.90 Å². The molecule has 0 radical (unpaired) electrons. The van der Waals surface area contributed by atoms with E-state index in [0.717, 1.165) is 19.3 Å². The maximum Gasteiger partial charge on any atom is 0.305 e. The third kappa shape index (κ3) is 4.40. The van der Waals surface area contributed by atoms with Gasteiger partial charge in [0.2, 0.25) is 0 Å². The first-order chi connectivity index (χ1) is 11.6. The molecule has 1 fully saturated rings. The lowest BCUT2D eigenvalue weighted by atomic mass is 10.1. The molecule has 0 spiro atoms. The summed E-state index contributed by atoms with van der Waals surface area (Å²) in [6, 6.07) is 4.91. The fraction of sp³-hybridized carbons (Fsp3) is 0.556. The van der Waals surface area contributed by atoms with E-state index >= 15 is 0 Å². The molecule has 1 saturated heterocycles. The zero-order valence-electron chi connectivity index (χ0n) is 14.3. The minimum Gasteiger partial charge on any atom is -0.490 e. The first-order valence-corrected chi connectivity index (χ1v) is 8.49. The Morgan fingerprint density at radius 1 is 1.25 bits per heavy atom. The Labute approximate surface area is 142 Å². The third-order valence-electron chi connectivity index (χ3n) is 4.00. The van der Waals surface area contributed by atoms with Crippen molar-refractivity contribution in [3.05, 3.63) is 23.8 Å². The molecule has 0 aromatic heterocycles. The number of benzene rings is 1. The van der Waals surface area contributed by atoms with E-state index in [9.17, 15) is 9.59 Å². The quantitative estimate of drug-likeness (QED) is 0.790. The molecule has 1 amide bonds. The van der Waals surface area contributed by atoms with Gasteiger partial charge in [0.25, 0.3) is 5.91 Å². The molecule has 2 rings (SSSR count). The second kappa shape index (κ2) is 8.57. The number of hydrogen-bond acceptors (Lipinski definition) is 4. The predicted octanol–water partition coefficient (Wildman–Crippen LogP) is 2.95. The van der Waals surface area contributed by atoms with E-state index in [4.69, 9.17) is 14.6 Å². The topological polar surface area (TPSA) is 76.1 Å². The van der Waals surface area contributed by atoms with Crippen LogP contribution in [-0.2, 0) is 4.79 Å². The second-order valence-corrected chi connectivity index (χ2v) is 5.84. The number of hydrogen-bond donors (Lipinski definition) is 1. The van der Waals surface area contributed by atoms with E-state index in [-0.39, 0.29) is 18.4 Å². The largest absolute Gasteiger partial charge is 0.490 e. The number of rotatable bonds is 8. The monoisotopic (exact) mass is 335 g/mol. The number of carboxylic acid groups (broad SMARTS) is 1. The standard InChI is InChI=1S/C18H25NO5/c1-3-10-24-15-8-7-13(11-16(15)23-4-2)18(22)19-9-5-6-14(19)12-17(20)21/h7-8,11,14H,3-6,9-10,12H2,1-2H3,(H,20,21). The molecule has 1 atom stereocenters. The highest BCUT2D eigenvalue weighted by Gasteiger charge is 2.31. The molecule has 1 unspecified atom stereocenters. The molecule has 1 aromatic carbocycles. The van der Waals surface area contributed by atoms with E-state index in [1.54, 1.807) is 23.1 Å². The molecule has 1 aliphatic heterocycles. The van der Waals surface area contributed by atoms with E-state index in [1.165, 1.54) is 0 Å². The van der Waals surface area contributed by atoms with E-state index in [2.05, 4.69) is 0 Å². The fourth-order valence-electron chi connectivity index (χ4n) is 2.92. The normalized spacial score (nSPS) is 16.9. The van der Waals surface area contributed by atoms with E-state index in [1.807, 2.05) is 13.8 Å². The van der Waals surface area contributed by atoms with Crippen LogP contribution in [0.3, 0.4) is 0 Å². The number of amides is 1. The average molecular weight is 335 g/mol. The summed E-state index contributed by atoms with van der Waals surface area (Å²) in [5.74, 6) is 0.143. The highest BCUT2D eigenvalue weighted by atomic mass is 16.5. The van der Waals surface area contributed by atoms with Gasteiger partial charge in [-0.3, -0.25) is 9.59 Å². The van der Waals surface area contributed by atoms with Crippen LogP contribution in [0.2, 0.25) is 0 Å². The van der Waals surface area contributed by atoms with Gasteiger partial charge in [-0.1, -0.05) is 6.92 Å². The number of likely N-dealkylation sites (tertiary alicyclic amines) is 1. The van der Waals surface area contributed by atoms with Crippen LogP contribution in [0.4, 0.5) is 0 Å². The van der Waals surface area contributed by atoms with Crippen LogP contribution in [0.25, 0.3) is 0 Å². The summed E-state index contributed by atoms with van der Waals surface area (Å²) in [6.07, 6.45) is 2.44. The van der Waals surface area contributed by atoms with Crippen LogP contribution >= 0.6 is 0 Å². The maximum absolute atomic E-state index is 12.8. The van der Waals surface area contributed by atoms with Crippen molar-refractivity contribution in [2.24, 2.45) is 0 Å². The maximum atomic E-state index is 12.8. The van der Waals surface area contributed by atoms with Gasteiger partial charge in [0, 0.05) is 18.2 Å². The summed E-state index contributed by atoms with van der Waals surface area (Å²) in [5, 5.41) is 9.00. The number of nitrogens with zero attached hydrogens (tertiary/aromatic N) is 1. The van der Waals surface area contributed by atoms with Crippen molar-refractivity contribution >= 4 is 11.9 Å². The lowest BCUT2D eigenvalue weighted by Gasteiger charge is -2.24. The second-order valence-electron chi connectivity index (χ2n) is 5.84. The Morgan fingerprint density at radius 2 is 2.04 bits per heavy atom. The number of carbonyl (C=O) groups is 2. The average Bonchev–Trinajstić information content (AvgIpc) is 3.00. The first-order valence-electron chi connectivity index (χ1n) is 8.49. The van der Waals surface area contributed by atoms with Crippen LogP contribution in [0.5, 0.6) is 11.5 Å². The minimum absolute atomic E-state index is 0.0122. The number of carbonyl (C=O) groups excluding carboxylic acids is 1. The van der Waals surface area contributed by atoms with Gasteiger partial charge in [0.05, 0.1) is 19.6 Å². The Hall–Kier alpha value is -2.24. The van der Waals surface area contributed by atoms with Crippen LogP contribution in [-0.4, -0.2) is 47.7 Å². The highest BCUT2D eigenvalue weighted by Crippen LogP contribution is 2.30. The molecular formula is C18H25NO5. The molecule has 1 aromatic rings. The number of carboxylic acids is 1. The molecule has 0 aliphatic carbocycles. The lowest BCUT2D eigenvalue weighted by Crippen LogP contribution is -2.36. The number of aliphatic carboxylic acids is 1. The minimum atomic E-state index is -0.877. The Morgan fingerprint density at radius 3 is 2.71 bits per heavy atom. The van der Waals surface area contributed by atoms with Gasteiger partial charge in [0.15, 0.2) is 11.5 Å². The van der Waals surface area contributed by atoms with Crippen molar-refractivity contribution in [1.29, 1.82) is 0 Å². The third-order valence-corrected chi connectivity index (χ3v) is 4.00. The van der Waals surface area contributed by atoms with Crippen molar-refractivity contribution in [2.75, 3.05) is 19.8 Å². The Bertz CT molecular complexity index is 587. The first kappa shape index (κ1) is 18.1. The van der Waals surface area contributed by atoms with Crippen LogP contribution in [0.15, 0.2) is 18.2 Å². The molecule has 6 heteroatoms. The van der Waals surface area contributed by atoms with Crippen molar-refractivity contribution in [3.63, 3.8) is 0 Å². The van der Waals surface area contributed by atoms with Gasteiger partial charge in [-0.2, -0.15) is 0 Å². The van der Waals surface area contributed by atoms with E-state index < -0.39 is 5.97 Å². The molecule has 132 valence electrons. The molecular weight excluding hydrogens is 310 g/mol. The SMILES string of the molecule is CCCOc1ccc(C(=O)N2CCCC2CC(=O)O)cc1OCC. The summed E-state index contributed by atoms with van der Waals surface area (Å²) in [5.41, 5.74) is 0.500. The number of ether oxygens (including phenoxy) is 2. The summed E-state index contributed by atoms with van der Waals surface area (Å²) >= 11 is 0. The highest BCUT2D eigenvalue weighted by molar-refractivity contribution is 5.95. The molecule has 1 N–H and O–H groups in total. The zero-order chi connectivity index (χ0) is 17.5. The Kier molecular flexibility index (Phi) is 6.46. The van der Waals surface area contributed by atoms with Crippen LogP contribution in [0.1, 0.15) is 49.9 Å². The molecule has 24 heavy (non-hydrogen) atoms. The van der Waals surface area contributed by atoms with Crippen molar-refractivity contribution < 1.29 is 24.2 Å². The summed E-state index contributed by atoms with van der Waals surface area (Å²) < 4.78 is 11.2.